The number of aliphatic carboxylic acids is 1. The molecule has 0 spiro atoms. The Bertz CT molecular complexity index is 616. The first-order chi connectivity index (χ1) is 11.7. The minimum atomic E-state index is -4.52. The van der Waals surface area contributed by atoms with Crippen molar-refractivity contribution in [1.29, 1.82) is 0 Å². The number of benzene rings is 1. The molecule has 1 aromatic rings. The highest BCUT2D eigenvalue weighted by Crippen LogP contribution is 2.31. The molecule has 2 N–H and O–H groups in total. The first-order valence-corrected chi connectivity index (χ1v) is 7.59. The fraction of sp³-hybridized carbons (Fsp3) is 0.412. The molecule has 0 aliphatic rings. The van der Waals surface area contributed by atoms with E-state index in [1.54, 1.807) is 6.92 Å². The number of hydrogen-bond donors (Lipinski definition) is 2. The number of amides is 1. The number of alkyl halides is 3. The van der Waals surface area contributed by atoms with Crippen LogP contribution in [0.1, 0.15) is 30.4 Å². The van der Waals surface area contributed by atoms with Crippen LogP contribution in [-0.4, -0.2) is 36.2 Å². The molecule has 0 aliphatic carbocycles. The molecule has 2 atom stereocenters. The highest BCUT2D eigenvalue weighted by Gasteiger charge is 2.32. The number of nitrogens with one attached hydrogen (secondary N) is 1. The normalized spacial score (nSPS) is 13.8. The average Bonchev–Trinajstić information content (AvgIpc) is 2.54. The zero-order valence-electron chi connectivity index (χ0n) is 13.7. The molecule has 0 saturated heterocycles. The standard InChI is InChI=1S/C17H20F3NO4/c1-3-8-25-10-14(16(23)24)21-15(22)13(4-2)11-6-5-7-12(9-11)17(18,19)20/h3,5-7,9,13-14H,1,4,8,10H2,2H3,(H,21,22)(H,23,24). The van der Waals surface area contributed by atoms with Crippen LogP contribution in [0.15, 0.2) is 36.9 Å². The highest BCUT2D eigenvalue weighted by atomic mass is 19.4. The third kappa shape index (κ3) is 6.22. The van der Waals surface area contributed by atoms with Gasteiger partial charge in [0.2, 0.25) is 5.91 Å². The number of rotatable bonds is 9. The van der Waals surface area contributed by atoms with Crippen molar-refractivity contribution in [2.75, 3.05) is 13.2 Å². The van der Waals surface area contributed by atoms with Gasteiger partial charge >= 0.3 is 12.1 Å². The van der Waals surface area contributed by atoms with Crippen molar-refractivity contribution in [1.82, 2.24) is 5.32 Å². The molecular formula is C17H20F3NO4. The fourth-order valence-electron chi connectivity index (χ4n) is 2.22. The van der Waals surface area contributed by atoms with Crippen LogP contribution in [0.2, 0.25) is 0 Å². The van der Waals surface area contributed by atoms with E-state index in [1.165, 1.54) is 18.2 Å². The Morgan fingerprint density at radius 1 is 1.40 bits per heavy atom. The molecule has 5 nitrogen and oxygen atoms in total. The van der Waals surface area contributed by atoms with Crippen molar-refractivity contribution in [3.8, 4) is 0 Å². The highest BCUT2D eigenvalue weighted by molar-refractivity contribution is 5.88. The van der Waals surface area contributed by atoms with Gasteiger partial charge < -0.3 is 15.2 Å². The zero-order chi connectivity index (χ0) is 19.0. The smallest absolute Gasteiger partial charge is 0.416 e. The molecule has 0 aliphatic heterocycles. The lowest BCUT2D eigenvalue weighted by Gasteiger charge is -2.20. The van der Waals surface area contributed by atoms with Crippen LogP contribution >= 0.6 is 0 Å². The van der Waals surface area contributed by atoms with Gasteiger partial charge in [0.25, 0.3) is 0 Å². The van der Waals surface area contributed by atoms with Crippen molar-refractivity contribution in [2.45, 2.75) is 31.5 Å². The summed E-state index contributed by atoms with van der Waals surface area (Å²) < 4.78 is 43.5. The molecular weight excluding hydrogens is 339 g/mol. The van der Waals surface area contributed by atoms with Gasteiger partial charge in [0.1, 0.15) is 0 Å². The first kappa shape index (κ1) is 20.7. The summed E-state index contributed by atoms with van der Waals surface area (Å²) in [6.07, 6.45) is -2.88. The molecule has 1 amide bonds. The van der Waals surface area contributed by atoms with E-state index < -0.39 is 35.6 Å². The molecule has 138 valence electrons. The predicted octanol–water partition coefficient (Wildman–Crippen LogP) is 2.97. The summed E-state index contributed by atoms with van der Waals surface area (Å²) >= 11 is 0. The van der Waals surface area contributed by atoms with E-state index in [2.05, 4.69) is 11.9 Å². The summed E-state index contributed by atoms with van der Waals surface area (Å²) in [6.45, 7) is 4.90. The van der Waals surface area contributed by atoms with Gasteiger partial charge in [-0.3, -0.25) is 4.79 Å². The molecule has 0 heterocycles. The van der Waals surface area contributed by atoms with Gasteiger partial charge in [0.15, 0.2) is 6.04 Å². The average molecular weight is 359 g/mol. The van der Waals surface area contributed by atoms with Gasteiger partial charge in [-0.1, -0.05) is 31.2 Å². The van der Waals surface area contributed by atoms with Crippen molar-refractivity contribution >= 4 is 11.9 Å². The van der Waals surface area contributed by atoms with Gasteiger partial charge in [-0.25, -0.2) is 4.79 Å². The Morgan fingerprint density at radius 2 is 2.08 bits per heavy atom. The van der Waals surface area contributed by atoms with Crippen LogP contribution in [0, 0.1) is 0 Å². The molecule has 0 radical (unpaired) electrons. The Hall–Kier alpha value is -2.35. The van der Waals surface area contributed by atoms with Crippen LogP contribution in [0.5, 0.6) is 0 Å². The van der Waals surface area contributed by atoms with Crippen LogP contribution in [0.25, 0.3) is 0 Å². The number of ether oxygens (including phenoxy) is 1. The Labute approximate surface area is 143 Å². The number of carboxylic acids is 1. The minimum Gasteiger partial charge on any atom is -0.480 e. The molecule has 0 aromatic heterocycles. The van der Waals surface area contributed by atoms with Crippen LogP contribution in [-0.2, 0) is 20.5 Å². The summed E-state index contributed by atoms with van der Waals surface area (Å²) in [7, 11) is 0. The number of carbonyl (C=O) groups is 2. The molecule has 1 rings (SSSR count). The molecule has 0 saturated carbocycles. The third-order valence-corrected chi connectivity index (χ3v) is 3.48. The van der Waals surface area contributed by atoms with Gasteiger partial charge in [-0.05, 0) is 18.1 Å². The van der Waals surface area contributed by atoms with E-state index in [1.807, 2.05) is 0 Å². The lowest BCUT2D eigenvalue weighted by atomic mass is 9.93. The number of carbonyl (C=O) groups excluding carboxylic acids is 1. The minimum absolute atomic E-state index is 0.116. The van der Waals surface area contributed by atoms with E-state index >= 15 is 0 Å². The van der Waals surface area contributed by atoms with Gasteiger partial charge in [0.05, 0.1) is 24.7 Å². The monoisotopic (exact) mass is 359 g/mol. The number of carboxylic acid groups (broad SMARTS) is 1. The SMILES string of the molecule is C=CCOCC(NC(=O)C(CC)c1cccc(C(F)(F)F)c1)C(=O)O. The van der Waals surface area contributed by atoms with E-state index in [4.69, 9.17) is 9.84 Å². The third-order valence-electron chi connectivity index (χ3n) is 3.48. The van der Waals surface area contributed by atoms with E-state index in [0.717, 1.165) is 12.1 Å². The maximum Gasteiger partial charge on any atom is 0.416 e. The molecule has 2 unspecified atom stereocenters. The van der Waals surface area contributed by atoms with E-state index in [0.29, 0.717) is 0 Å². The van der Waals surface area contributed by atoms with E-state index in [9.17, 15) is 22.8 Å². The summed E-state index contributed by atoms with van der Waals surface area (Å²) in [5.41, 5.74) is -0.689. The Balaban J connectivity index is 2.92. The molecule has 8 heteroatoms. The quantitative estimate of drug-likeness (QED) is 0.525. The van der Waals surface area contributed by atoms with Crippen molar-refractivity contribution in [3.63, 3.8) is 0 Å². The van der Waals surface area contributed by atoms with Crippen LogP contribution in [0.4, 0.5) is 13.2 Å². The number of halogens is 3. The second-order valence-corrected chi connectivity index (χ2v) is 5.31. The van der Waals surface area contributed by atoms with Crippen molar-refractivity contribution in [3.05, 3.63) is 48.0 Å². The molecule has 0 bridgehead atoms. The summed E-state index contributed by atoms with van der Waals surface area (Å²) in [6, 6.07) is 3.14. The maximum atomic E-state index is 12.8. The van der Waals surface area contributed by atoms with Crippen LogP contribution in [0.3, 0.4) is 0 Å². The molecule has 25 heavy (non-hydrogen) atoms. The lowest BCUT2D eigenvalue weighted by Crippen LogP contribution is -2.45. The summed E-state index contributed by atoms with van der Waals surface area (Å²) in [4.78, 5) is 23.5. The predicted molar refractivity (Wildman–Crippen MR) is 85.1 cm³/mol. The topological polar surface area (TPSA) is 75.6 Å². The summed E-state index contributed by atoms with van der Waals surface area (Å²) in [5.74, 6) is -2.86. The summed E-state index contributed by atoms with van der Waals surface area (Å²) in [5, 5.41) is 11.4. The Morgan fingerprint density at radius 3 is 2.60 bits per heavy atom. The molecule has 0 fully saturated rings. The first-order valence-electron chi connectivity index (χ1n) is 7.59. The van der Waals surface area contributed by atoms with Crippen molar-refractivity contribution < 1.29 is 32.6 Å². The zero-order valence-corrected chi connectivity index (χ0v) is 13.7. The second-order valence-electron chi connectivity index (χ2n) is 5.31. The number of hydrogen-bond acceptors (Lipinski definition) is 3. The maximum absolute atomic E-state index is 12.8. The largest absolute Gasteiger partial charge is 0.480 e. The second kappa shape index (κ2) is 9.22. The van der Waals surface area contributed by atoms with E-state index in [-0.39, 0.29) is 25.2 Å². The van der Waals surface area contributed by atoms with Gasteiger partial charge in [-0.15, -0.1) is 6.58 Å². The fourth-order valence-corrected chi connectivity index (χ4v) is 2.22. The Kier molecular flexibility index (Phi) is 7.63. The van der Waals surface area contributed by atoms with Gasteiger partial charge in [0, 0.05) is 0 Å². The molecule has 1 aromatic carbocycles. The van der Waals surface area contributed by atoms with Crippen LogP contribution < -0.4 is 5.32 Å². The van der Waals surface area contributed by atoms with Gasteiger partial charge in [-0.2, -0.15) is 13.2 Å². The lowest BCUT2D eigenvalue weighted by molar-refractivity contribution is -0.143. The van der Waals surface area contributed by atoms with Crippen molar-refractivity contribution in [2.24, 2.45) is 0 Å².